The van der Waals surface area contributed by atoms with Gasteiger partial charge in [-0.1, -0.05) is 80.6 Å². The summed E-state index contributed by atoms with van der Waals surface area (Å²) >= 11 is 0. The molecule has 0 aliphatic carbocycles. The van der Waals surface area contributed by atoms with Gasteiger partial charge in [0, 0.05) is 22.2 Å². The lowest BCUT2D eigenvalue weighted by Crippen LogP contribution is -2.43. The highest BCUT2D eigenvalue weighted by atomic mass is 15.2. The minimum atomic E-state index is -0.0293. The Bertz CT molecular complexity index is 945. The van der Waals surface area contributed by atoms with Crippen molar-refractivity contribution < 1.29 is 0 Å². The predicted molar refractivity (Wildman–Crippen MR) is 112 cm³/mol. The maximum atomic E-state index is 2.53. The third kappa shape index (κ3) is 2.46. The molecule has 0 aromatic heterocycles. The van der Waals surface area contributed by atoms with Crippen LogP contribution in [-0.2, 0) is 5.41 Å². The Labute approximate surface area is 157 Å². The van der Waals surface area contributed by atoms with Crippen molar-refractivity contribution >= 4 is 11.4 Å². The van der Waals surface area contributed by atoms with Crippen LogP contribution in [0.15, 0.2) is 72.8 Å². The van der Waals surface area contributed by atoms with Gasteiger partial charge in [-0.25, -0.2) is 0 Å². The molecular formula is C25H27N. The molecule has 3 aromatic carbocycles. The van der Waals surface area contributed by atoms with Crippen LogP contribution in [0.25, 0.3) is 11.1 Å². The number of hydrogen-bond donors (Lipinski definition) is 0. The molecule has 132 valence electrons. The van der Waals surface area contributed by atoms with Gasteiger partial charge in [0.05, 0.1) is 5.69 Å². The molecule has 3 aromatic rings. The fraction of sp³-hybridized carbons (Fsp3) is 0.280. The van der Waals surface area contributed by atoms with Gasteiger partial charge >= 0.3 is 0 Å². The molecular weight excluding hydrogens is 314 g/mol. The van der Waals surface area contributed by atoms with Crippen molar-refractivity contribution in [2.24, 2.45) is 0 Å². The summed E-state index contributed by atoms with van der Waals surface area (Å²) in [7, 11) is 0. The molecule has 0 spiro atoms. The van der Waals surface area contributed by atoms with Crippen molar-refractivity contribution in [3.63, 3.8) is 0 Å². The largest absolute Gasteiger partial charge is 0.335 e. The predicted octanol–water partition coefficient (Wildman–Crippen LogP) is 6.93. The Kier molecular flexibility index (Phi) is 3.73. The molecule has 0 N–H and O–H groups in total. The van der Waals surface area contributed by atoms with Crippen LogP contribution in [0.3, 0.4) is 0 Å². The molecule has 1 heterocycles. The van der Waals surface area contributed by atoms with E-state index in [0.29, 0.717) is 0 Å². The van der Waals surface area contributed by atoms with E-state index in [0.717, 1.165) is 0 Å². The highest BCUT2D eigenvalue weighted by molar-refractivity contribution is 5.90. The molecule has 0 saturated carbocycles. The van der Waals surface area contributed by atoms with Crippen LogP contribution in [0.1, 0.15) is 45.7 Å². The topological polar surface area (TPSA) is 3.24 Å². The van der Waals surface area contributed by atoms with Gasteiger partial charge in [0.15, 0.2) is 0 Å². The van der Waals surface area contributed by atoms with E-state index < -0.39 is 0 Å². The first kappa shape index (κ1) is 16.9. The van der Waals surface area contributed by atoms with E-state index in [1.807, 2.05) is 0 Å². The Morgan fingerprint density at radius 1 is 0.692 bits per heavy atom. The normalized spacial score (nSPS) is 15.3. The first-order chi connectivity index (χ1) is 12.3. The second-order valence-electron chi connectivity index (χ2n) is 8.72. The third-order valence-electron chi connectivity index (χ3n) is 5.51. The van der Waals surface area contributed by atoms with Gasteiger partial charge in [0.1, 0.15) is 0 Å². The van der Waals surface area contributed by atoms with E-state index in [1.54, 1.807) is 0 Å². The van der Waals surface area contributed by atoms with Gasteiger partial charge < -0.3 is 4.90 Å². The van der Waals surface area contributed by atoms with Gasteiger partial charge in [-0.05, 0) is 43.5 Å². The Hall–Kier alpha value is -2.54. The molecule has 0 unspecified atom stereocenters. The minimum absolute atomic E-state index is 0.0216. The molecule has 1 heteroatoms. The van der Waals surface area contributed by atoms with Crippen molar-refractivity contribution in [3.05, 3.63) is 83.9 Å². The fourth-order valence-electron chi connectivity index (χ4n) is 4.30. The summed E-state index contributed by atoms with van der Waals surface area (Å²) in [4.78, 5) is 2.53. The molecule has 0 fully saturated rings. The average molecular weight is 341 g/mol. The molecule has 0 radical (unpaired) electrons. The summed E-state index contributed by atoms with van der Waals surface area (Å²) in [5.41, 5.74) is 7.98. The van der Waals surface area contributed by atoms with Crippen LogP contribution >= 0.6 is 0 Å². The van der Waals surface area contributed by atoms with Crippen LogP contribution in [-0.4, -0.2) is 5.54 Å². The number of anilines is 2. The number of nitrogens with zero attached hydrogens (tertiary/aromatic N) is 1. The zero-order chi connectivity index (χ0) is 18.5. The van der Waals surface area contributed by atoms with Gasteiger partial charge in [0.2, 0.25) is 0 Å². The lowest BCUT2D eigenvalue weighted by atomic mass is 9.71. The molecule has 0 atom stereocenters. The fourth-order valence-corrected chi connectivity index (χ4v) is 4.30. The third-order valence-corrected chi connectivity index (χ3v) is 5.51. The monoisotopic (exact) mass is 341 g/mol. The van der Waals surface area contributed by atoms with Crippen LogP contribution in [0.5, 0.6) is 0 Å². The second kappa shape index (κ2) is 5.74. The molecule has 4 rings (SSSR count). The standard InChI is InChI=1S/C25H27N/c1-24(2,3)26-22-17-10-9-15-20(22)25(4,5)21-16-11-14-19(23(21)26)18-12-7-6-8-13-18/h6-17H,1-5H3. The van der Waals surface area contributed by atoms with Crippen LogP contribution < -0.4 is 4.90 Å². The summed E-state index contributed by atoms with van der Waals surface area (Å²) in [6, 6.07) is 26.4. The maximum Gasteiger partial charge on any atom is 0.0536 e. The highest BCUT2D eigenvalue weighted by Crippen LogP contribution is 2.54. The van der Waals surface area contributed by atoms with E-state index >= 15 is 0 Å². The first-order valence-corrected chi connectivity index (χ1v) is 9.40. The van der Waals surface area contributed by atoms with Gasteiger partial charge in [-0.15, -0.1) is 0 Å². The van der Waals surface area contributed by atoms with Crippen molar-refractivity contribution in [2.75, 3.05) is 4.90 Å². The summed E-state index contributed by atoms with van der Waals surface area (Å²) in [5, 5.41) is 0. The second-order valence-corrected chi connectivity index (χ2v) is 8.72. The number of para-hydroxylation sites is 2. The molecule has 1 nitrogen and oxygen atoms in total. The zero-order valence-electron chi connectivity index (χ0n) is 16.4. The van der Waals surface area contributed by atoms with E-state index in [9.17, 15) is 0 Å². The minimum Gasteiger partial charge on any atom is -0.335 e. The Morgan fingerprint density at radius 2 is 1.31 bits per heavy atom. The number of benzene rings is 3. The van der Waals surface area contributed by atoms with Crippen molar-refractivity contribution in [1.82, 2.24) is 0 Å². The Balaban J connectivity index is 2.10. The average Bonchev–Trinajstić information content (AvgIpc) is 2.61. The van der Waals surface area contributed by atoms with Crippen LogP contribution in [0.4, 0.5) is 11.4 Å². The molecule has 1 aliphatic heterocycles. The van der Waals surface area contributed by atoms with E-state index in [1.165, 1.54) is 33.6 Å². The van der Waals surface area contributed by atoms with Gasteiger partial charge in [0.25, 0.3) is 0 Å². The van der Waals surface area contributed by atoms with E-state index in [-0.39, 0.29) is 11.0 Å². The van der Waals surface area contributed by atoms with Crippen molar-refractivity contribution in [2.45, 2.75) is 45.6 Å². The van der Waals surface area contributed by atoms with Crippen LogP contribution in [0, 0.1) is 0 Å². The van der Waals surface area contributed by atoms with Gasteiger partial charge in [-0.3, -0.25) is 0 Å². The lowest BCUT2D eigenvalue weighted by molar-refractivity contribution is 0.531. The Morgan fingerprint density at radius 3 is 2.00 bits per heavy atom. The molecule has 0 saturated heterocycles. The first-order valence-electron chi connectivity index (χ1n) is 9.40. The SMILES string of the molecule is CC1(C)c2ccccc2N(C(C)(C)C)c2c(-c3ccccc3)cccc21. The summed E-state index contributed by atoms with van der Waals surface area (Å²) in [6.45, 7) is 11.6. The van der Waals surface area contributed by atoms with Gasteiger partial charge in [-0.2, -0.15) is 0 Å². The number of rotatable bonds is 1. The molecule has 26 heavy (non-hydrogen) atoms. The lowest BCUT2D eigenvalue weighted by Gasteiger charge is -2.48. The molecule has 1 aliphatic rings. The van der Waals surface area contributed by atoms with E-state index in [4.69, 9.17) is 0 Å². The number of hydrogen-bond acceptors (Lipinski definition) is 1. The maximum absolute atomic E-state index is 2.53. The molecule has 0 bridgehead atoms. The van der Waals surface area contributed by atoms with Crippen LogP contribution in [0.2, 0.25) is 0 Å². The van der Waals surface area contributed by atoms with E-state index in [2.05, 4.69) is 112 Å². The summed E-state index contributed by atoms with van der Waals surface area (Å²) in [5.74, 6) is 0. The smallest absolute Gasteiger partial charge is 0.0536 e. The zero-order valence-corrected chi connectivity index (χ0v) is 16.4. The summed E-state index contributed by atoms with van der Waals surface area (Å²) in [6.07, 6.45) is 0. The van der Waals surface area contributed by atoms with Crippen molar-refractivity contribution in [1.29, 1.82) is 0 Å². The summed E-state index contributed by atoms with van der Waals surface area (Å²) < 4.78 is 0. The quantitative estimate of drug-likeness (QED) is 0.464. The number of fused-ring (bicyclic) bond motifs is 2. The molecule has 0 amide bonds. The van der Waals surface area contributed by atoms with Crippen molar-refractivity contribution in [3.8, 4) is 11.1 Å². The highest BCUT2D eigenvalue weighted by Gasteiger charge is 2.40.